The molecule has 1 N–H and O–H groups in total. The van der Waals surface area contributed by atoms with Crippen LogP contribution < -0.4 is 19.7 Å². The van der Waals surface area contributed by atoms with Crippen molar-refractivity contribution in [3.63, 3.8) is 0 Å². The average molecular weight is 326 g/mol. The molecule has 0 radical (unpaired) electrons. The quantitative estimate of drug-likeness (QED) is 0.936. The molecular formula is C18H18N2O4. The van der Waals surface area contributed by atoms with Crippen molar-refractivity contribution >= 4 is 17.6 Å². The van der Waals surface area contributed by atoms with Crippen molar-refractivity contribution in [2.24, 2.45) is 0 Å². The highest BCUT2D eigenvalue weighted by molar-refractivity contribution is 6.06. The normalized spacial score (nSPS) is 14.3. The molecule has 2 aromatic carbocycles. The Morgan fingerprint density at radius 1 is 1.00 bits per heavy atom. The predicted molar refractivity (Wildman–Crippen MR) is 89.7 cm³/mol. The first-order chi connectivity index (χ1) is 11.6. The number of rotatable bonds is 4. The van der Waals surface area contributed by atoms with Crippen molar-refractivity contribution in [1.29, 1.82) is 0 Å². The number of urea groups is 1. The van der Waals surface area contributed by atoms with E-state index >= 15 is 0 Å². The molecule has 6 nitrogen and oxygen atoms in total. The number of benzene rings is 2. The third-order valence-corrected chi connectivity index (χ3v) is 3.82. The SMILES string of the molecule is COc1ccc(Oc2ccc(C)c(N3CCC(=O)NC3=O)c2)cc1. The second-order valence-corrected chi connectivity index (χ2v) is 5.48. The molecule has 0 atom stereocenters. The molecule has 2 aromatic rings. The monoisotopic (exact) mass is 326 g/mol. The molecule has 0 spiro atoms. The van der Waals surface area contributed by atoms with Crippen molar-refractivity contribution in [3.05, 3.63) is 48.0 Å². The Morgan fingerprint density at radius 2 is 1.67 bits per heavy atom. The molecule has 24 heavy (non-hydrogen) atoms. The minimum absolute atomic E-state index is 0.250. The van der Waals surface area contributed by atoms with Crippen LogP contribution in [0.25, 0.3) is 0 Å². The molecule has 3 amide bonds. The summed E-state index contributed by atoms with van der Waals surface area (Å²) in [5.74, 6) is 1.79. The Kier molecular flexibility index (Phi) is 4.37. The Morgan fingerprint density at radius 3 is 2.33 bits per heavy atom. The van der Waals surface area contributed by atoms with Crippen molar-refractivity contribution in [3.8, 4) is 17.2 Å². The van der Waals surface area contributed by atoms with E-state index in [1.54, 1.807) is 18.1 Å². The third kappa shape index (κ3) is 3.32. The summed E-state index contributed by atoms with van der Waals surface area (Å²) in [4.78, 5) is 24.9. The summed E-state index contributed by atoms with van der Waals surface area (Å²) in [6, 6.07) is 12.4. The van der Waals surface area contributed by atoms with Crippen LogP contribution in [0.5, 0.6) is 17.2 Å². The molecule has 1 fully saturated rings. The number of hydrogen-bond acceptors (Lipinski definition) is 4. The maximum atomic E-state index is 12.0. The molecule has 1 aliphatic rings. The van der Waals surface area contributed by atoms with E-state index in [1.807, 2.05) is 43.3 Å². The summed E-state index contributed by atoms with van der Waals surface area (Å²) in [5, 5.41) is 2.33. The fourth-order valence-corrected chi connectivity index (χ4v) is 2.52. The van der Waals surface area contributed by atoms with E-state index in [1.165, 1.54) is 0 Å². The van der Waals surface area contributed by atoms with Crippen LogP contribution >= 0.6 is 0 Å². The van der Waals surface area contributed by atoms with Crippen molar-refractivity contribution in [1.82, 2.24) is 5.32 Å². The molecular weight excluding hydrogens is 308 g/mol. The molecule has 124 valence electrons. The zero-order chi connectivity index (χ0) is 17.1. The van der Waals surface area contributed by atoms with Crippen LogP contribution in [0, 0.1) is 6.92 Å². The van der Waals surface area contributed by atoms with Gasteiger partial charge in [0.05, 0.1) is 12.8 Å². The fourth-order valence-electron chi connectivity index (χ4n) is 2.52. The number of aryl methyl sites for hydroxylation is 1. The van der Waals surface area contributed by atoms with Crippen molar-refractivity contribution in [2.45, 2.75) is 13.3 Å². The van der Waals surface area contributed by atoms with Gasteiger partial charge in [0.1, 0.15) is 17.2 Å². The van der Waals surface area contributed by atoms with Gasteiger partial charge in [0.15, 0.2) is 0 Å². The van der Waals surface area contributed by atoms with Gasteiger partial charge in [0.2, 0.25) is 5.91 Å². The predicted octanol–water partition coefficient (Wildman–Crippen LogP) is 3.24. The zero-order valence-corrected chi connectivity index (χ0v) is 13.5. The van der Waals surface area contributed by atoms with Crippen LogP contribution in [0.1, 0.15) is 12.0 Å². The highest BCUT2D eigenvalue weighted by Crippen LogP contribution is 2.30. The largest absolute Gasteiger partial charge is 0.497 e. The summed E-state index contributed by atoms with van der Waals surface area (Å²) in [5.41, 5.74) is 1.66. The molecule has 1 saturated heterocycles. The van der Waals surface area contributed by atoms with Crippen LogP contribution in [0.4, 0.5) is 10.5 Å². The van der Waals surface area contributed by atoms with Gasteiger partial charge in [0.25, 0.3) is 0 Å². The number of nitrogens with zero attached hydrogens (tertiary/aromatic N) is 1. The Hall–Kier alpha value is -3.02. The lowest BCUT2D eigenvalue weighted by Crippen LogP contribution is -2.49. The Balaban J connectivity index is 1.83. The first-order valence-electron chi connectivity index (χ1n) is 7.61. The third-order valence-electron chi connectivity index (χ3n) is 3.82. The summed E-state index contributed by atoms with van der Waals surface area (Å²) >= 11 is 0. The van der Waals surface area contributed by atoms with E-state index in [0.717, 1.165) is 17.0 Å². The first kappa shape index (κ1) is 15.9. The van der Waals surface area contributed by atoms with Crippen LogP contribution in [0.15, 0.2) is 42.5 Å². The van der Waals surface area contributed by atoms with Crippen LogP contribution in [0.2, 0.25) is 0 Å². The zero-order valence-electron chi connectivity index (χ0n) is 13.5. The standard InChI is InChI=1S/C18H18N2O4/c1-12-3-4-15(24-14-7-5-13(23-2)6-8-14)11-16(12)20-10-9-17(21)19-18(20)22/h3-8,11H,9-10H2,1-2H3,(H,19,21,22). The van der Waals surface area contributed by atoms with Gasteiger partial charge in [0, 0.05) is 19.0 Å². The number of methoxy groups -OCH3 is 1. The Bertz CT molecular complexity index is 771. The molecule has 1 heterocycles. The second-order valence-electron chi connectivity index (χ2n) is 5.48. The van der Waals surface area contributed by atoms with Crippen LogP contribution in [0.3, 0.4) is 0 Å². The van der Waals surface area contributed by atoms with Gasteiger partial charge < -0.3 is 9.47 Å². The average Bonchev–Trinajstić information content (AvgIpc) is 2.58. The highest BCUT2D eigenvalue weighted by atomic mass is 16.5. The van der Waals surface area contributed by atoms with Crippen LogP contribution in [-0.4, -0.2) is 25.6 Å². The summed E-state index contributed by atoms with van der Waals surface area (Å²) < 4.78 is 11.0. The smallest absolute Gasteiger partial charge is 0.328 e. The minimum Gasteiger partial charge on any atom is -0.497 e. The number of carbonyl (C=O) groups is 2. The molecule has 0 unspecified atom stereocenters. The van der Waals surface area contributed by atoms with Crippen LogP contribution in [-0.2, 0) is 4.79 Å². The number of nitrogens with one attached hydrogen (secondary N) is 1. The maximum Gasteiger partial charge on any atom is 0.328 e. The number of anilines is 1. The highest BCUT2D eigenvalue weighted by Gasteiger charge is 2.25. The summed E-state index contributed by atoms with van der Waals surface area (Å²) in [6.07, 6.45) is 0.286. The van der Waals surface area contributed by atoms with Gasteiger partial charge in [-0.3, -0.25) is 15.0 Å². The first-order valence-corrected chi connectivity index (χ1v) is 7.61. The molecule has 0 saturated carbocycles. The minimum atomic E-state index is -0.407. The molecule has 0 aromatic heterocycles. The van der Waals surface area contributed by atoms with Gasteiger partial charge in [-0.2, -0.15) is 0 Å². The number of amides is 3. The molecule has 0 aliphatic carbocycles. The molecule has 1 aliphatic heterocycles. The van der Waals surface area contributed by atoms with E-state index in [-0.39, 0.29) is 12.3 Å². The molecule has 3 rings (SSSR count). The van der Waals surface area contributed by atoms with Gasteiger partial charge in [-0.1, -0.05) is 6.07 Å². The molecule has 0 bridgehead atoms. The lowest BCUT2D eigenvalue weighted by atomic mass is 10.1. The van der Waals surface area contributed by atoms with E-state index in [9.17, 15) is 9.59 Å². The van der Waals surface area contributed by atoms with E-state index < -0.39 is 6.03 Å². The summed E-state index contributed by atoms with van der Waals surface area (Å²) in [7, 11) is 1.61. The lowest BCUT2D eigenvalue weighted by molar-refractivity contribution is -0.120. The van der Waals surface area contributed by atoms with E-state index in [0.29, 0.717) is 18.0 Å². The number of ether oxygens (including phenoxy) is 2. The fraction of sp³-hybridized carbons (Fsp3) is 0.222. The van der Waals surface area contributed by atoms with Gasteiger partial charge in [-0.05, 0) is 42.8 Å². The van der Waals surface area contributed by atoms with Crippen molar-refractivity contribution in [2.75, 3.05) is 18.6 Å². The Labute approximate surface area is 140 Å². The van der Waals surface area contributed by atoms with E-state index in [4.69, 9.17) is 9.47 Å². The van der Waals surface area contributed by atoms with Crippen molar-refractivity contribution < 1.29 is 19.1 Å². The number of carbonyl (C=O) groups excluding carboxylic acids is 2. The second kappa shape index (κ2) is 6.62. The van der Waals surface area contributed by atoms with E-state index in [2.05, 4.69) is 5.32 Å². The maximum absolute atomic E-state index is 12.0. The van der Waals surface area contributed by atoms with Gasteiger partial charge in [-0.15, -0.1) is 0 Å². The molecule has 6 heteroatoms. The van der Waals surface area contributed by atoms with Gasteiger partial charge >= 0.3 is 6.03 Å². The number of imide groups is 1. The topological polar surface area (TPSA) is 67.9 Å². The van der Waals surface area contributed by atoms with Gasteiger partial charge in [-0.25, -0.2) is 4.79 Å². The lowest BCUT2D eigenvalue weighted by Gasteiger charge is -2.28. The summed E-state index contributed by atoms with van der Waals surface area (Å²) in [6.45, 7) is 2.27. The number of hydrogen-bond donors (Lipinski definition) is 1.